The summed E-state index contributed by atoms with van der Waals surface area (Å²) < 4.78 is 5.77. The number of nitrogens with zero attached hydrogens (tertiary/aromatic N) is 3. The van der Waals surface area contributed by atoms with Crippen molar-refractivity contribution < 1.29 is 9.32 Å². The molecule has 30 heavy (non-hydrogen) atoms. The lowest BCUT2D eigenvalue weighted by molar-refractivity contribution is -0.119. The molecule has 1 saturated heterocycles. The van der Waals surface area contributed by atoms with E-state index in [2.05, 4.69) is 46.6 Å². The quantitative estimate of drug-likeness (QED) is 0.743. The summed E-state index contributed by atoms with van der Waals surface area (Å²) in [6, 6.07) is 9.30. The van der Waals surface area contributed by atoms with Crippen LogP contribution in [0.1, 0.15) is 81.1 Å². The maximum Gasteiger partial charge on any atom is 0.240 e. The number of nitrogens with one attached hydrogen (secondary N) is 1. The summed E-state index contributed by atoms with van der Waals surface area (Å²) in [5.41, 5.74) is 2.47. The molecule has 6 heteroatoms. The Morgan fingerprint density at radius 2 is 1.97 bits per heavy atom. The van der Waals surface area contributed by atoms with Crippen molar-refractivity contribution in [2.75, 3.05) is 13.1 Å². The molecule has 162 valence electrons. The molecule has 1 aliphatic heterocycles. The van der Waals surface area contributed by atoms with Crippen LogP contribution in [0, 0.1) is 6.92 Å². The SMILES string of the molecule is CC(=O)NCC[C@@H]1CCCCN1Cc1nc(C2(c3ccc(C)cc3)CCCC2)no1. The van der Waals surface area contributed by atoms with Crippen LogP contribution in [0.15, 0.2) is 28.8 Å². The zero-order valence-corrected chi connectivity index (χ0v) is 18.3. The van der Waals surface area contributed by atoms with Gasteiger partial charge in [0.25, 0.3) is 0 Å². The van der Waals surface area contributed by atoms with E-state index in [1.165, 1.54) is 36.8 Å². The van der Waals surface area contributed by atoms with Crippen molar-refractivity contribution in [2.45, 2.75) is 83.2 Å². The van der Waals surface area contributed by atoms with Gasteiger partial charge in [0.05, 0.1) is 12.0 Å². The first-order valence-corrected chi connectivity index (χ1v) is 11.5. The number of hydrogen-bond acceptors (Lipinski definition) is 5. The topological polar surface area (TPSA) is 71.3 Å². The molecule has 2 heterocycles. The number of benzene rings is 1. The second kappa shape index (κ2) is 9.29. The number of rotatable bonds is 7. The van der Waals surface area contributed by atoms with Gasteiger partial charge in [-0.05, 0) is 51.1 Å². The fraction of sp³-hybridized carbons (Fsp3) is 0.625. The van der Waals surface area contributed by atoms with Crippen molar-refractivity contribution in [1.29, 1.82) is 0 Å². The molecule has 1 saturated carbocycles. The van der Waals surface area contributed by atoms with E-state index in [0.29, 0.717) is 12.6 Å². The average Bonchev–Trinajstić information content (AvgIpc) is 3.40. The molecule has 2 aliphatic rings. The fourth-order valence-electron chi connectivity index (χ4n) is 5.19. The normalized spacial score (nSPS) is 21.6. The van der Waals surface area contributed by atoms with Crippen LogP contribution in [-0.2, 0) is 16.8 Å². The first-order chi connectivity index (χ1) is 14.6. The van der Waals surface area contributed by atoms with E-state index in [1.807, 2.05) is 0 Å². The highest BCUT2D eigenvalue weighted by molar-refractivity contribution is 5.72. The minimum absolute atomic E-state index is 0.0388. The minimum Gasteiger partial charge on any atom is -0.356 e. The number of carbonyl (C=O) groups excluding carboxylic acids is 1. The van der Waals surface area contributed by atoms with Crippen molar-refractivity contribution in [3.8, 4) is 0 Å². The molecule has 0 unspecified atom stereocenters. The summed E-state index contributed by atoms with van der Waals surface area (Å²) in [4.78, 5) is 18.6. The van der Waals surface area contributed by atoms with Crippen molar-refractivity contribution in [3.63, 3.8) is 0 Å². The highest BCUT2D eigenvalue weighted by Gasteiger charge is 2.41. The Morgan fingerprint density at radius 3 is 2.70 bits per heavy atom. The van der Waals surface area contributed by atoms with Gasteiger partial charge in [-0.25, -0.2) is 0 Å². The highest BCUT2D eigenvalue weighted by atomic mass is 16.5. The molecule has 0 radical (unpaired) electrons. The van der Waals surface area contributed by atoms with Crippen LogP contribution in [-0.4, -0.2) is 40.1 Å². The fourth-order valence-corrected chi connectivity index (χ4v) is 5.19. The molecule has 1 N–H and O–H groups in total. The van der Waals surface area contributed by atoms with E-state index in [1.54, 1.807) is 6.92 Å². The number of hydrogen-bond donors (Lipinski definition) is 1. The molecular formula is C24H34N4O2. The van der Waals surface area contributed by atoms with E-state index in [0.717, 1.165) is 50.5 Å². The molecule has 2 aromatic rings. The van der Waals surface area contributed by atoms with Crippen molar-refractivity contribution in [1.82, 2.24) is 20.4 Å². The maximum absolute atomic E-state index is 11.2. The molecule has 1 aromatic heterocycles. The van der Waals surface area contributed by atoms with Gasteiger partial charge in [-0.3, -0.25) is 9.69 Å². The van der Waals surface area contributed by atoms with Crippen LogP contribution in [0.4, 0.5) is 0 Å². The standard InChI is InChI=1S/C24H34N4O2/c1-18-8-10-20(11-9-18)24(13-4-5-14-24)23-26-22(30-27-23)17-28-16-6-3-7-21(28)12-15-25-19(2)29/h8-11,21H,3-7,12-17H2,1-2H3,(H,25,29)/t21-/m0/s1. The average molecular weight is 411 g/mol. The summed E-state index contributed by atoms with van der Waals surface area (Å²) in [6.07, 6.45) is 9.14. The zero-order chi connectivity index (χ0) is 21.0. The van der Waals surface area contributed by atoms with E-state index >= 15 is 0 Å². The van der Waals surface area contributed by atoms with E-state index in [-0.39, 0.29) is 11.3 Å². The summed E-state index contributed by atoms with van der Waals surface area (Å²) in [5, 5.41) is 7.40. The Kier molecular flexibility index (Phi) is 6.52. The third-order valence-electron chi connectivity index (χ3n) is 6.90. The molecule has 0 bridgehead atoms. The lowest BCUT2D eigenvalue weighted by Gasteiger charge is -2.34. The van der Waals surface area contributed by atoms with Crippen molar-refractivity contribution >= 4 is 5.91 Å². The van der Waals surface area contributed by atoms with Gasteiger partial charge in [-0.15, -0.1) is 0 Å². The number of carbonyl (C=O) groups is 1. The molecule has 4 rings (SSSR count). The van der Waals surface area contributed by atoms with Crippen LogP contribution in [0.25, 0.3) is 0 Å². The van der Waals surface area contributed by atoms with Gasteiger partial charge in [-0.2, -0.15) is 4.98 Å². The molecular weight excluding hydrogens is 376 g/mol. The van der Waals surface area contributed by atoms with Gasteiger partial charge in [-0.1, -0.05) is 54.2 Å². The number of piperidine rings is 1. The summed E-state index contributed by atoms with van der Waals surface area (Å²) in [6.45, 7) is 6.17. The zero-order valence-electron chi connectivity index (χ0n) is 18.3. The lowest BCUT2D eigenvalue weighted by atomic mass is 9.78. The van der Waals surface area contributed by atoms with Crippen LogP contribution in [0.3, 0.4) is 0 Å². The number of aromatic nitrogens is 2. The predicted octanol–water partition coefficient (Wildman–Crippen LogP) is 4.12. The number of aryl methyl sites for hydroxylation is 1. The van der Waals surface area contributed by atoms with Gasteiger partial charge < -0.3 is 9.84 Å². The molecule has 1 atom stereocenters. The third-order valence-corrected chi connectivity index (χ3v) is 6.90. The van der Waals surface area contributed by atoms with E-state index in [4.69, 9.17) is 9.51 Å². The lowest BCUT2D eigenvalue weighted by Crippen LogP contribution is -2.41. The van der Waals surface area contributed by atoms with Crippen molar-refractivity contribution in [2.24, 2.45) is 0 Å². The molecule has 1 amide bonds. The number of likely N-dealkylation sites (tertiary alicyclic amines) is 1. The summed E-state index contributed by atoms with van der Waals surface area (Å²) >= 11 is 0. The largest absolute Gasteiger partial charge is 0.356 e. The predicted molar refractivity (Wildman–Crippen MR) is 116 cm³/mol. The van der Waals surface area contributed by atoms with Gasteiger partial charge in [0, 0.05) is 19.5 Å². The second-order valence-electron chi connectivity index (χ2n) is 9.06. The summed E-state index contributed by atoms with van der Waals surface area (Å²) in [7, 11) is 0. The van der Waals surface area contributed by atoms with Gasteiger partial charge in [0.15, 0.2) is 5.82 Å². The Bertz CT molecular complexity index is 839. The minimum atomic E-state index is -0.109. The first kappa shape index (κ1) is 21.0. The molecule has 0 spiro atoms. The molecule has 6 nitrogen and oxygen atoms in total. The Balaban J connectivity index is 1.48. The van der Waals surface area contributed by atoms with Gasteiger partial charge >= 0.3 is 0 Å². The van der Waals surface area contributed by atoms with Crippen LogP contribution in [0.2, 0.25) is 0 Å². The monoisotopic (exact) mass is 410 g/mol. The highest BCUT2D eigenvalue weighted by Crippen LogP contribution is 2.45. The van der Waals surface area contributed by atoms with E-state index < -0.39 is 0 Å². The second-order valence-corrected chi connectivity index (χ2v) is 9.06. The van der Waals surface area contributed by atoms with Crippen LogP contribution in [0.5, 0.6) is 0 Å². The first-order valence-electron chi connectivity index (χ1n) is 11.5. The van der Waals surface area contributed by atoms with Crippen LogP contribution >= 0.6 is 0 Å². The molecule has 1 aliphatic carbocycles. The van der Waals surface area contributed by atoms with Gasteiger partial charge in [0.1, 0.15) is 0 Å². The maximum atomic E-state index is 11.2. The van der Waals surface area contributed by atoms with Crippen molar-refractivity contribution in [3.05, 3.63) is 47.1 Å². The van der Waals surface area contributed by atoms with Gasteiger partial charge in [0.2, 0.25) is 11.8 Å². The third kappa shape index (κ3) is 4.59. The Morgan fingerprint density at radius 1 is 1.20 bits per heavy atom. The Hall–Kier alpha value is -2.21. The summed E-state index contributed by atoms with van der Waals surface area (Å²) in [5.74, 6) is 1.61. The van der Waals surface area contributed by atoms with Crippen LogP contribution < -0.4 is 5.32 Å². The smallest absolute Gasteiger partial charge is 0.240 e. The molecule has 2 fully saturated rings. The number of amides is 1. The Labute approximate surface area is 179 Å². The molecule has 1 aromatic carbocycles. The van der Waals surface area contributed by atoms with E-state index in [9.17, 15) is 4.79 Å².